The second-order valence-electron chi connectivity index (χ2n) is 3.70. The number of para-hydroxylation sites is 2. The van der Waals surface area contributed by atoms with Crippen LogP contribution >= 0.6 is 0 Å². The minimum absolute atomic E-state index is 0.141. The average Bonchev–Trinajstić information content (AvgIpc) is 2.38. The number of nitrogens with one attached hydrogen (secondary N) is 2. The lowest BCUT2D eigenvalue weighted by Crippen LogP contribution is -2.28. The number of hydrogen-bond acceptors (Lipinski definition) is 3. The van der Waals surface area contributed by atoms with Crippen molar-refractivity contribution in [2.24, 2.45) is 0 Å². The minimum atomic E-state index is -0.141. The van der Waals surface area contributed by atoms with Crippen LogP contribution in [0.1, 0.15) is 13.3 Å². The zero-order chi connectivity index (χ0) is 13.2. The first-order chi connectivity index (χ1) is 8.77. The number of benzene rings is 1. The predicted molar refractivity (Wildman–Crippen MR) is 72.6 cm³/mol. The first-order valence-corrected chi connectivity index (χ1v) is 5.93. The number of terminal acetylenes is 1. The molecule has 18 heavy (non-hydrogen) atoms. The smallest absolute Gasteiger partial charge is 0.238 e. The second kappa shape index (κ2) is 8.15. The number of carbonyl (C=O) groups excluding carboxylic acids is 1. The highest BCUT2D eigenvalue weighted by Gasteiger charge is 2.06. The summed E-state index contributed by atoms with van der Waals surface area (Å²) in [4.78, 5) is 11.6. The maximum Gasteiger partial charge on any atom is 0.238 e. The summed E-state index contributed by atoms with van der Waals surface area (Å²) in [6.45, 7) is 3.22. The van der Waals surface area contributed by atoms with Gasteiger partial charge >= 0.3 is 0 Å². The van der Waals surface area contributed by atoms with Gasteiger partial charge in [0.1, 0.15) is 5.75 Å². The van der Waals surface area contributed by atoms with E-state index in [4.69, 9.17) is 11.2 Å². The van der Waals surface area contributed by atoms with Gasteiger partial charge < -0.3 is 10.1 Å². The molecular weight excluding hydrogens is 228 g/mol. The van der Waals surface area contributed by atoms with Crippen LogP contribution in [0.15, 0.2) is 24.3 Å². The van der Waals surface area contributed by atoms with Crippen LogP contribution in [0.25, 0.3) is 0 Å². The Morgan fingerprint density at radius 3 is 2.94 bits per heavy atom. The van der Waals surface area contributed by atoms with E-state index in [2.05, 4.69) is 16.6 Å². The van der Waals surface area contributed by atoms with Gasteiger partial charge in [0.2, 0.25) is 5.91 Å². The molecule has 1 aromatic carbocycles. The van der Waals surface area contributed by atoms with Crippen LogP contribution in [-0.4, -0.2) is 25.6 Å². The first kappa shape index (κ1) is 14.1. The van der Waals surface area contributed by atoms with E-state index in [1.54, 1.807) is 0 Å². The van der Waals surface area contributed by atoms with Gasteiger partial charge in [-0.3, -0.25) is 10.1 Å². The molecule has 0 saturated heterocycles. The topological polar surface area (TPSA) is 50.4 Å². The third-order valence-electron chi connectivity index (χ3n) is 2.14. The molecule has 0 fully saturated rings. The fraction of sp³-hybridized carbons (Fsp3) is 0.357. The van der Waals surface area contributed by atoms with Crippen molar-refractivity contribution < 1.29 is 9.53 Å². The standard InChI is InChI=1S/C14H18N2O2/c1-3-9-15-11-14(17)16-12-7-5-6-8-13(12)18-10-4-2/h1,5-8,15H,4,9-11H2,2H3,(H,16,17). The zero-order valence-electron chi connectivity index (χ0n) is 10.5. The van der Waals surface area contributed by atoms with Crippen molar-refractivity contribution in [1.29, 1.82) is 0 Å². The zero-order valence-corrected chi connectivity index (χ0v) is 10.5. The molecule has 4 heteroatoms. The summed E-state index contributed by atoms with van der Waals surface area (Å²) < 4.78 is 5.55. The summed E-state index contributed by atoms with van der Waals surface area (Å²) in [5.74, 6) is 2.95. The summed E-state index contributed by atoms with van der Waals surface area (Å²) >= 11 is 0. The number of rotatable bonds is 7. The molecule has 0 saturated carbocycles. The van der Waals surface area contributed by atoms with E-state index in [-0.39, 0.29) is 12.5 Å². The van der Waals surface area contributed by atoms with E-state index < -0.39 is 0 Å². The monoisotopic (exact) mass is 246 g/mol. The first-order valence-electron chi connectivity index (χ1n) is 5.93. The lowest BCUT2D eigenvalue weighted by Gasteiger charge is -2.11. The molecule has 1 rings (SSSR count). The van der Waals surface area contributed by atoms with Gasteiger partial charge in [-0.05, 0) is 18.6 Å². The van der Waals surface area contributed by atoms with E-state index in [1.165, 1.54) is 0 Å². The lowest BCUT2D eigenvalue weighted by atomic mass is 10.3. The summed E-state index contributed by atoms with van der Waals surface area (Å²) in [5.41, 5.74) is 0.679. The van der Waals surface area contributed by atoms with Crippen LogP contribution in [0.3, 0.4) is 0 Å². The number of anilines is 1. The van der Waals surface area contributed by atoms with Crippen LogP contribution in [0.5, 0.6) is 5.75 Å². The highest BCUT2D eigenvalue weighted by Crippen LogP contribution is 2.23. The molecule has 0 aromatic heterocycles. The molecule has 1 aromatic rings. The second-order valence-corrected chi connectivity index (χ2v) is 3.70. The summed E-state index contributed by atoms with van der Waals surface area (Å²) in [7, 11) is 0. The lowest BCUT2D eigenvalue weighted by molar-refractivity contribution is -0.115. The minimum Gasteiger partial charge on any atom is -0.491 e. The Labute approximate surface area is 108 Å². The fourth-order valence-corrected chi connectivity index (χ4v) is 1.35. The molecule has 0 aliphatic carbocycles. The van der Waals surface area contributed by atoms with Gasteiger partial charge in [-0.25, -0.2) is 0 Å². The van der Waals surface area contributed by atoms with Crippen molar-refractivity contribution in [3.05, 3.63) is 24.3 Å². The third-order valence-corrected chi connectivity index (χ3v) is 2.14. The maximum atomic E-state index is 11.6. The summed E-state index contributed by atoms with van der Waals surface area (Å²) in [6.07, 6.45) is 6.00. The molecule has 0 spiro atoms. The van der Waals surface area contributed by atoms with Crippen molar-refractivity contribution in [2.75, 3.05) is 25.0 Å². The number of ether oxygens (including phenoxy) is 1. The van der Waals surface area contributed by atoms with Crippen LogP contribution in [-0.2, 0) is 4.79 Å². The van der Waals surface area contributed by atoms with Gasteiger partial charge in [0, 0.05) is 0 Å². The molecule has 0 bridgehead atoms. The Balaban J connectivity index is 2.55. The molecule has 0 heterocycles. The van der Waals surface area contributed by atoms with Crippen molar-refractivity contribution in [3.63, 3.8) is 0 Å². The summed E-state index contributed by atoms with van der Waals surface area (Å²) in [6, 6.07) is 7.37. The van der Waals surface area contributed by atoms with Gasteiger partial charge in [-0.1, -0.05) is 25.0 Å². The van der Waals surface area contributed by atoms with E-state index in [1.807, 2.05) is 31.2 Å². The summed E-state index contributed by atoms with van der Waals surface area (Å²) in [5, 5.41) is 5.61. The molecular formula is C14H18N2O2. The Bertz CT molecular complexity index is 424. The van der Waals surface area contributed by atoms with Gasteiger partial charge in [-0.15, -0.1) is 6.42 Å². The quantitative estimate of drug-likeness (QED) is 0.568. The largest absolute Gasteiger partial charge is 0.491 e. The van der Waals surface area contributed by atoms with Crippen LogP contribution in [0.2, 0.25) is 0 Å². The molecule has 4 nitrogen and oxygen atoms in total. The molecule has 0 atom stereocenters. The third kappa shape index (κ3) is 4.89. The average molecular weight is 246 g/mol. The van der Waals surface area contributed by atoms with Crippen molar-refractivity contribution >= 4 is 11.6 Å². The fourth-order valence-electron chi connectivity index (χ4n) is 1.35. The van der Waals surface area contributed by atoms with Gasteiger partial charge in [-0.2, -0.15) is 0 Å². The molecule has 1 amide bonds. The van der Waals surface area contributed by atoms with E-state index in [0.29, 0.717) is 24.6 Å². The van der Waals surface area contributed by atoms with Crippen LogP contribution in [0.4, 0.5) is 5.69 Å². The maximum absolute atomic E-state index is 11.6. The van der Waals surface area contributed by atoms with Gasteiger partial charge in [0.15, 0.2) is 0 Å². The van der Waals surface area contributed by atoms with E-state index >= 15 is 0 Å². The highest BCUT2D eigenvalue weighted by molar-refractivity contribution is 5.93. The van der Waals surface area contributed by atoms with Crippen molar-refractivity contribution in [3.8, 4) is 18.1 Å². The Hall–Kier alpha value is -1.99. The Morgan fingerprint density at radius 2 is 2.22 bits per heavy atom. The van der Waals surface area contributed by atoms with Gasteiger partial charge in [0.25, 0.3) is 0 Å². The number of carbonyl (C=O) groups is 1. The molecule has 96 valence electrons. The van der Waals surface area contributed by atoms with Crippen molar-refractivity contribution in [1.82, 2.24) is 5.32 Å². The Morgan fingerprint density at radius 1 is 1.44 bits per heavy atom. The molecule has 0 aliphatic rings. The van der Waals surface area contributed by atoms with Crippen molar-refractivity contribution in [2.45, 2.75) is 13.3 Å². The van der Waals surface area contributed by atoms with Gasteiger partial charge in [0.05, 0.1) is 25.4 Å². The molecule has 0 unspecified atom stereocenters. The predicted octanol–water partition coefficient (Wildman–Crippen LogP) is 1.64. The normalized spacial score (nSPS) is 9.56. The van der Waals surface area contributed by atoms with Crippen LogP contribution < -0.4 is 15.4 Å². The molecule has 2 N–H and O–H groups in total. The van der Waals surface area contributed by atoms with Crippen LogP contribution in [0, 0.1) is 12.3 Å². The van der Waals surface area contributed by atoms with E-state index in [9.17, 15) is 4.79 Å². The SMILES string of the molecule is C#CCNCC(=O)Nc1ccccc1OCCC. The number of amides is 1. The highest BCUT2D eigenvalue weighted by atomic mass is 16.5. The molecule has 0 radical (unpaired) electrons. The molecule has 0 aliphatic heterocycles. The number of hydrogen-bond donors (Lipinski definition) is 2. The Kier molecular flexibility index (Phi) is 6.37. The van der Waals surface area contributed by atoms with E-state index in [0.717, 1.165) is 6.42 Å².